The van der Waals surface area contributed by atoms with Crippen molar-refractivity contribution >= 4 is 5.97 Å². The molecule has 0 aromatic heterocycles. The van der Waals surface area contributed by atoms with E-state index in [2.05, 4.69) is 32.0 Å². The molecule has 1 atom stereocenters. The molecule has 0 aliphatic heterocycles. The molecule has 3 heteroatoms. The number of nitrogens with zero attached hydrogens (tertiary/aromatic N) is 1. The summed E-state index contributed by atoms with van der Waals surface area (Å²) >= 11 is 0. The zero-order valence-electron chi connectivity index (χ0n) is 11.0. The Bertz CT molecular complexity index is 401. The van der Waals surface area contributed by atoms with Crippen molar-refractivity contribution in [2.24, 2.45) is 5.92 Å². The molecule has 1 rings (SSSR count). The van der Waals surface area contributed by atoms with Gasteiger partial charge in [0.15, 0.2) is 0 Å². The Labute approximate surface area is 103 Å². The summed E-state index contributed by atoms with van der Waals surface area (Å²) in [6.07, 6.45) is 0. The van der Waals surface area contributed by atoms with Crippen molar-refractivity contribution in [3.63, 3.8) is 0 Å². The smallest absolute Gasteiger partial charge is 0.307 e. The second-order valence-electron chi connectivity index (χ2n) is 4.85. The number of carboxylic acid groups (broad SMARTS) is 1. The van der Waals surface area contributed by atoms with E-state index >= 15 is 0 Å². The molecule has 0 heterocycles. The van der Waals surface area contributed by atoms with Gasteiger partial charge < -0.3 is 10.0 Å². The molecule has 17 heavy (non-hydrogen) atoms. The van der Waals surface area contributed by atoms with Crippen LogP contribution < -0.4 is 0 Å². The summed E-state index contributed by atoms with van der Waals surface area (Å²) < 4.78 is 0. The molecule has 0 amide bonds. The average Bonchev–Trinajstić information content (AvgIpc) is 2.23. The Kier molecular flexibility index (Phi) is 4.70. The third kappa shape index (κ3) is 4.19. The summed E-state index contributed by atoms with van der Waals surface area (Å²) in [5, 5.41) is 8.85. The summed E-state index contributed by atoms with van der Waals surface area (Å²) in [6, 6.07) is 6.38. The molecule has 1 N–H and O–H groups in total. The fourth-order valence-corrected chi connectivity index (χ4v) is 1.82. The lowest BCUT2D eigenvalue weighted by Crippen LogP contribution is -2.28. The molecule has 0 bridgehead atoms. The summed E-state index contributed by atoms with van der Waals surface area (Å²) in [5.41, 5.74) is 3.80. The Morgan fingerprint density at radius 2 is 2.00 bits per heavy atom. The summed E-state index contributed by atoms with van der Waals surface area (Å²) in [6.45, 7) is 7.29. The monoisotopic (exact) mass is 235 g/mol. The lowest BCUT2D eigenvalue weighted by molar-refractivity contribution is -0.141. The van der Waals surface area contributed by atoms with Gasteiger partial charge in [-0.3, -0.25) is 4.79 Å². The largest absolute Gasteiger partial charge is 0.481 e. The molecule has 0 aliphatic carbocycles. The van der Waals surface area contributed by atoms with Crippen molar-refractivity contribution in [1.82, 2.24) is 4.90 Å². The molecule has 0 spiro atoms. The number of aliphatic carboxylic acids is 1. The van der Waals surface area contributed by atoms with Crippen LogP contribution in [0.1, 0.15) is 23.6 Å². The molecule has 1 unspecified atom stereocenters. The topological polar surface area (TPSA) is 40.5 Å². The standard InChI is InChI=1S/C14H21NO2/c1-10-5-6-13(7-11(10)2)9-15(4)8-12(3)14(16)17/h5-7,12H,8-9H2,1-4H3,(H,16,17). The molecular weight excluding hydrogens is 214 g/mol. The maximum Gasteiger partial charge on any atom is 0.307 e. The molecule has 0 radical (unpaired) electrons. The average molecular weight is 235 g/mol. The van der Waals surface area contributed by atoms with Crippen molar-refractivity contribution in [3.05, 3.63) is 34.9 Å². The highest BCUT2D eigenvalue weighted by Gasteiger charge is 2.13. The first-order valence-electron chi connectivity index (χ1n) is 5.87. The van der Waals surface area contributed by atoms with Gasteiger partial charge in [-0.05, 0) is 37.6 Å². The molecule has 3 nitrogen and oxygen atoms in total. The molecule has 1 aromatic carbocycles. The van der Waals surface area contributed by atoms with Crippen LogP contribution in [0.4, 0.5) is 0 Å². The predicted molar refractivity (Wildman–Crippen MR) is 69.0 cm³/mol. The lowest BCUT2D eigenvalue weighted by Gasteiger charge is -2.19. The van der Waals surface area contributed by atoms with Gasteiger partial charge in [0.05, 0.1) is 5.92 Å². The highest BCUT2D eigenvalue weighted by molar-refractivity contribution is 5.69. The molecule has 0 aliphatic rings. The number of hydrogen-bond donors (Lipinski definition) is 1. The van der Waals surface area contributed by atoms with Gasteiger partial charge in [-0.1, -0.05) is 25.1 Å². The minimum atomic E-state index is -0.739. The van der Waals surface area contributed by atoms with Gasteiger partial charge in [0.25, 0.3) is 0 Å². The van der Waals surface area contributed by atoms with Crippen molar-refractivity contribution in [3.8, 4) is 0 Å². The Morgan fingerprint density at radius 3 is 2.53 bits per heavy atom. The van der Waals surface area contributed by atoms with Crippen molar-refractivity contribution < 1.29 is 9.90 Å². The van der Waals surface area contributed by atoms with E-state index in [1.165, 1.54) is 16.7 Å². The second kappa shape index (κ2) is 5.82. The highest BCUT2D eigenvalue weighted by atomic mass is 16.4. The number of carboxylic acids is 1. The minimum Gasteiger partial charge on any atom is -0.481 e. The van der Waals surface area contributed by atoms with E-state index in [-0.39, 0.29) is 5.92 Å². The quantitative estimate of drug-likeness (QED) is 0.852. The third-order valence-corrected chi connectivity index (χ3v) is 3.03. The van der Waals surface area contributed by atoms with Gasteiger partial charge in [0.1, 0.15) is 0 Å². The molecular formula is C14H21NO2. The normalized spacial score (nSPS) is 12.8. The first kappa shape index (κ1) is 13.7. The maximum absolute atomic E-state index is 10.8. The first-order valence-corrected chi connectivity index (χ1v) is 5.87. The lowest BCUT2D eigenvalue weighted by atomic mass is 10.1. The Hall–Kier alpha value is -1.35. The summed E-state index contributed by atoms with van der Waals surface area (Å²) in [7, 11) is 1.95. The van der Waals surface area contributed by atoms with Crippen LogP contribution >= 0.6 is 0 Å². The summed E-state index contributed by atoms with van der Waals surface area (Å²) in [5.74, 6) is -1.07. The van der Waals surface area contributed by atoms with Crippen LogP contribution in [0, 0.1) is 19.8 Å². The number of carbonyl (C=O) groups is 1. The fraction of sp³-hybridized carbons (Fsp3) is 0.500. The molecule has 0 saturated heterocycles. The van der Waals surface area contributed by atoms with E-state index in [0.29, 0.717) is 6.54 Å². The SMILES string of the molecule is Cc1ccc(CN(C)CC(C)C(=O)O)cc1C. The Morgan fingerprint density at radius 1 is 1.35 bits per heavy atom. The first-order chi connectivity index (χ1) is 7.90. The van der Waals surface area contributed by atoms with Crippen LogP contribution in [-0.2, 0) is 11.3 Å². The third-order valence-electron chi connectivity index (χ3n) is 3.03. The van der Waals surface area contributed by atoms with Crippen LogP contribution in [0.15, 0.2) is 18.2 Å². The molecule has 1 aromatic rings. The number of rotatable bonds is 5. The van der Waals surface area contributed by atoms with E-state index in [1.54, 1.807) is 6.92 Å². The van der Waals surface area contributed by atoms with Crippen LogP contribution in [0.2, 0.25) is 0 Å². The molecule has 0 fully saturated rings. The maximum atomic E-state index is 10.8. The van der Waals surface area contributed by atoms with Crippen molar-refractivity contribution in [1.29, 1.82) is 0 Å². The minimum absolute atomic E-state index is 0.327. The van der Waals surface area contributed by atoms with E-state index in [9.17, 15) is 4.79 Å². The van der Waals surface area contributed by atoms with Crippen LogP contribution in [0.5, 0.6) is 0 Å². The number of hydrogen-bond acceptors (Lipinski definition) is 2. The predicted octanol–water partition coefficient (Wildman–Crippen LogP) is 2.46. The van der Waals surface area contributed by atoms with Crippen molar-refractivity contribution in [2.45, 2.75) is 27.3 Å². The van der Waals surface area contributed by atoms with Crippen molar-refractivity contribution in [2.75, 3.05) is 13.6 Å². The fourth-order valence-electron chi connectivity index (χ4n) is 1.82. The number of benzene rings is 1. The van der Waals surface area contributed by atoms with Gasteiger partial charge in [-0.25, -0.2) is 0 Å². The van der Waals surface area contributed by atoms with Gasteiger partial charge in [0, 0.05) is 13.1 Å². The van der Waals surface area contributed by atoms with Gasteiger partial charge in [-0.2, -0.15) is 0 Å². The van der Waals surface area contributed by atoms with Crippen LogP contribution in [-0.4, -0.2) is 29.6 Å². The molecule has 94 valence electrons. The van der Waals surface area contributed by atoms with Crippen LogP contribution in [0.3, 0.4) is 0 Å². The second-order valence-corrected chi connectivity index (χ2v) is 4.85. The Balaban J connectivity index is 2.58. The summed E-state index contributed by atoms with van der Waals surface area (Å²) in [4.78, 5) is 12.8. The zero-order valence-corrected chi connectivity index (χ0v) is 11.0. The molecule has 0 saturated carbocycles. The number of aryl methyl sites for hydroxylation is 2. The van der Waals surface area contributed by atoms with E-state index in [4.69, 9.17) is 5.11 Å². The van der Waals surface area contributed by atoms with E-state index in [0.717, 1.165) is 6.54 Å². The highest BCUT2D eigenvalue weighted by Crippen LogP contribution is 2.12. The van der Waals surface area contributed by atoms with Gasteiger partial charge in [0.2, 0.25) is 0 Å². The van der Waals surface area contributed by atoms with Crippen LogP contribution in [0.25, 0.3) is 0 Å². The van der Waals surface area contributed by atoms with E-state index in [1.807, 2.05) is 11.9 Å². The van der Waals surface area contributed by atoms with Gasteiger partial charge in [-0.15, -0.1) is 0 Å². The zero-order chi connectivity index (χ0) is 13.0. The van der Waals surface area contributed by atoms with Gasteiger partial charge >= 0.3 is 5.97 Å². The van der Waals surface area contributed by atoms with E-state index < -0.39 is 5.97 Å².